The van der Waals surface area contributed by atoms with Crippen LogP contribution in [0, 0.1) is 11.3 Å². The first-order chi connectivity index (χ1) is 10.6. The van der Waals surface area contributed by atoms with Gasteiger partial charge in [-0.1, -0.05) is 29.3 Å². The van der Waals surface area contributed by atoms with Crippen LogP contribution in [0.3, 0.4) is 0 Å². The van der Waals surface area contributed by atoms with E-state index < -0.39 is 0 Å². The van der Waals surface area contributed by atoms with Gasteiger partial charge in [0.05, 0.1) is 17.4 Å². The van der Waals surface area contributed by atoms with Gasteiger partial charge < -0.3 is 5.32 Å². The van der Waals surface area contributed by atoms with Crippen molar-refractivity contribution in [2.75, 3.05) is 11.1 Å². The average Bonchev–Trinajstić information content (AvgIpc) is 2.51. The molecule has 2 aromatic carbocycles. The topological polar surface area (TPSA) is 52.9 Å². The molecule has 0 spiro atoms. The number of thioether (sulfide) groups is 1. The molecular formula is C16H12Cl2N2OS. The Morgan fingerprint density at radius 1 is 1.14 bits per heavy atom. The Balaban J connectivity index is 1.84. The highest BCUT2D eigenvalue weighted by molar-refractivity contribution is 7.99. The van der Waals surface area contributed by atoms with Gasteiger partial charge in [-0.15, -0.1) is 11.8 Å². The van der Waals surface area contributed by atoms with Crippen LogP contribution in [0.1, 0.15) is 11.1 Å². The van der Waals surface area contributed by atoms with Crippen molar-refractivity contribution in [1.82, 2.24) is 0 Å². The number of hydrogen-bond acceptors (Lipinski definition) is 3. The molecule has 2 rings (SSSR count). The Labute approximate surface area is 143 Å². The molecule has 0 fully saturated rings. The summed E-state index contributed by atoms with van der Waals surface area (Å²) in [5, 5.41) is 12.7. The normalized spacial score (nSPS) is 10.0. The minimum absolute atomic E-state index is 0.113. The number of carbonyl (C=O) groups excluding carboxylic acids is 1. The first-order valence-electron chi connectivity index (χ1n) is 6.41. The third-order valence-corrected chi connectivity index (χ3v) is 4.51. The van der Waals surface area contributed by atoms with Gasteiger partial charge in [0, 0.05) is 21.5 Å². The Morgan fingerprint density at radius 3 is 2.36 bits per heavy atom. The van der Waals surface area contributed by atoms with Crippen LogP contribution in [0.5, 0.6) is 0 Å². The predicted molar refractivity (Wildman–Crippen MR) is 92.4 cm³/mol. The maximum Gasteiger partial charge on any atom is 0.234 e. The second-order valence-corrected chi connectivity index (χ2v) is 6.23. The van der Waals surface area contributed by atoms with Gasteiger partial charge in [0.25, 0.3) is 0 Å². The zero-order valence-electron chi connectivity index (χ0n) is 11.5. The number of nitrogens with one attached hydrogen (secondary N) is 1. The molecule has 1 N–H and O–H groups in total. The number of halogens is 2. The lowest BCUT2D eigenvalue weighted by Crippen LogP contribution is -2.14. The van der Waals surface area contributed by atoms with E-state index in [0.717, 1.165) is 5.56 Å². The third kappa shape index (κ3) is 4.67. The summed E-state index contributed by atoms with van der Waals surface area (Å²) < 4.78 is 0. The van der Waals surface area contributed by atoms with Crippen molar-refractivity contribution in [2.24, 2.45) is 0 Å². The molecule has 112 valence electrons. The molecule has 0 saturated heterocycles. The number of hydrogen-bond donors (Lipinski definition) is 1. The van der Waals surface area contributed by atoms with E-state index in [1.54, 1.807) is 42.5 Å². The zero-order valence-corrected chi connectivity index (χ0v) is 13.8. The Hall–Kier alpha value is -1.67. The highest BCUT2D eigenvalue weighted by Crippen LogP contribution is 2.28. The summed E-state index contributed by atoms with van der Waals surface area (Å²) in [6.45, 7) is 0. The van der Waals surface area contributed by atoms with Crippen LogP contribution >= 0.6 is 35.0 Å². The number of anilines is 1. The van der Waals surface area contributed by atoms with Crippen molar-refractivity contribution >= 4 is 46.6 Å². The molecule has 2 aromatic rings. The van der Waals surface area contributed by atoms with Crippen molar-refractivity contribution in [3.63, 3.8) is 0 Å². The summed E-state index contributed by atoms with van der Waals surface area (Å²) in [6, 6.07) is 14.1. The summed E-state index contributed by atoms with van der Waals surface area (Å²) in [4.78, 5) is 11.9. The summed E-state index contributed by atoms with van der Waals surface area (Å²) in [6.07, 6.45) is 0. The third-order valence-electron chi connectivity index (χ3n) is 2.84. The maximum atomic E-state index is 11.9. The van der Waals surface area contributed by atoms with Crippen LogP contribution < -0.4 is 5.32 Å². The molecule has 22 heavy (non-hydrogen) atoms. The molecule has 0 bridgehead atoms. The van der Waals surface area contributed by atoms with Crippen LogP contribution in [-0.2, 0) is 10.5 Å². The molecule has 3 nitrogen and oxygen atoms in total. The average molecular weight is 351 g/mol. The standard InChI is InChI=1S/C16H12Cl2N2OS/c17-14-2-1-3-15(18)13(14)9-22-10-16(21)20-12-6-4-11(8-19)5-7-12/h1-7H,9-10H2,(H,20,21). The van der Waals surface area contributed by atoms with Gasteiger partial charge in [-0.25, -0.2) is 0 Å². The molecule has 0 aliphatic rings. The molecular weight excluding hydrogens is 339 g/mol. The first-order valence-corrected chi connectivity index (χ1v) is 8.32. The molecule has 0 heterocycles. The van der Waals surface area contributed by atoms with E-state index in [4.69, 9.17) is 28.5 Å². The summed E-state index contributed by atoms with van der Waals surface area (Å²) in [5.74, 6) is 0.749. The van der Waals surface area contributed by atoms with Gasteiger partial charge in [-0.05, 0) is 42.0 Å². The first kappa shape index (κ1) is 16.7. The lowest BCUT2D eigenvalue weighted by atomic mass is 10.2. The number of amides is 1. The highest BCUT2D eigenvalue weighted by atomic mass is 35.5. The fourth-order valence-electron chi connectivity index (χ4n) is 1.74. The molecule has 1 amide bonds. The molecule has 0 atom stereocenters. The van der Waals surface area contributed by atoms with Gasteiger partial charge in [0.2, 0.25) is 5.91 Å². The summed E-state index contributed by atoms with van der Waals surface area (Å²) >= 11 is 13.6. The van der Waals surface area contributed by atoms with Gasteiger partial charge in [-0.2, -0.15) is 5.26 Å². The minimum atomic E-state index is -0.113. The van der Waals surface area contributed by atoms with Gasteiger partial charge in [-0.3, -0.25) is 4.79 Å². The minimum Gasteiger partial charge on any atom is -0.325 e. The Bertz CT molecular complexity index is 691. The molecule has 0 aliphatic carbocycles. The number of nitrogens with zero attached hydrogens (tertiary/aromatic N) is 1. The van der Waals surface area contributed by atoms with E-state index in [-0.39, 0.29) is 5.91 Å². The Morgan fingerprint density at radius 2 is 1.77 bits per heavy atom. The van der Waals surface area contributed by atoms with Crippen LogP contribution in [0.4, 0.5) is 5.69 Å². The highest BCUT2D eigenvalue weighted by Gasteiger charge is 2.08. The largest absolute Gasteiger partial charge is 0.325 e. The predicted octanol–water partition coefficient (Wildman–Crippen LogP) is 4.74. The summed E-state index contributed by atoms with van der Waals surface area (Å²) in [5.41, 5.74) is 2.06. The number of benzene rings is 2. The fourth-order valence-corrected chi connectivity index (χ4v) is 3.31. The molecule has 0 radical (unpaired) electrons. The number of rotatable bonds is 5. The quantitative estimate of drug-likeness (QED) is 0.847. The lowest BCUT2D eigenvalue weighted by molar-refractivity contribution is -0.113. The van der Waals surface area contributed by atoms with Gasteiger partial charge >= 0.3 is 0 Å². The molecule has 6 heteroatoms. The Kier molecular flexibility index (Phi) is 6.14. The van der Waals surface area contributed by atoms with Gasteiger partial charge in [0.15, 0.2) is 0 Å². The van der Waals surface area contributed by atoms with Crippen LogP contribution in [0.2, 0.25) is 10.0 Å². The van der Waals surface area contributed by atoms with E-state index in [2.05, 4.69) is 5.32 Å². The SMILES string of the molecule is N#Cc1ccc(NC(=O)CSCc2c(Cl)cccc2Cl)cc1. The van der Waals surface area contributed by atoms with Crippen molar-refractivity contribution in [3.8, 4) is 6.07 Å². The lowest BCUT2D eigenvalue weighted by Gasteiger charge is -2.07. The smallest absolute Gasteiger partial charge is 0.234 e. The molecule has 0 aromatic heterocycles. The second kappa shape index (κ2) is 8.09. The van der Waals surface area contributed by atoms with Crippen molar-refractivity contribution < 1.29 is 4.79 Å². The van der Waals surface area contributed by atoms with E-state index in [9.17, 15) is 4.79 Å². The summed E-state index contributed by atoms with van der Waals surface area (Å²) in [7, 11) is 0. The van der Waals surface area contributed by atoms with E-state index in [1.807, 2.05) is 6.07 Å². The van der Waals surface area contributed by atoms with E-state index in [0.29, 0.717) is 32.8 Å². The van der Waals surface area contributed by atoms with Crippen LogP contribution in [0.25, 0.3) is 0 Å². The molecule has 0 saturated carbocycles. The fraction of sp³-hybridized carbons (Fsp3) is 0.125. The van der Waals surface area contributed by atoms with Crippen molar-refractivity contribution in [2.45, 2.75) is 5.75 Å². The monoisotopic (exact) mass is 350 g/mol. The maximum absolute atomic E-state index is 11.9. The van der Waals surface area contributed by atoms with Crippen LogP contribution in [-0.4, -0.2) is 11.7 Å². The molecule has 0 aliphatic heterocycles. The van der Waals surface area contributed by atoms with Crippen molar-refractivity contribution in [1.29, 1.82) is 5.26 Å². The van der Waals surface area contributed by atoms with Crippen molar-refractivity contribution in [3.05, 3.63) is 63.6 Å². The van der Waals surface area contributed by atoms with Gasteiger partial charge in [0.1, 0.15) is 0 Å². The van der Waals surface area contributed by atoms with E-state index in [1.165, 1.54) is 11.8 Å². The number of carbonyl (C=O) groups is 1. The zero-order chi connectivity index (χ0) is 15.9. The second-order valence-electron chi connectivity index (χ2n) is 4.43. The van der Waals surface area contributed by atoms with Crippen LogP contribution in [0.15, 0.2) is 42.5 Å². The number of nitriles is 1. The van der Waals surface area contributed by atoms with E-state index >= 15 is 0 Å². The molecule has 0 unspecified atom stereocenters.